The number of rotatable bonds is 4. The standard InChI is InChI=1S/C11H9F3N4O2/c12-11(13,14)20-8-3-1-7(2-4-8)5-9(19)17-10-15-6-16-18-10/h1-4,6H,5H2,(H2,15,16,17,18,19). The first-order chi connectivity index (χ1) is 9.42. The molecule has 1 amide bonds. The number of carbonyl (C=O) groups is 1. The van der Waals surface area contributed by atoms with E-state index in [9.17, 15) is 18.0 Å². The summed E-state index contributed by atoms with van der Waals surface area (Å²) in [7, 11) is 0. The van der Waals surface area contributed by atoms with Crippen LogP contribution in [0.4, 0.5) is 19.1 Å². The van der Waals surface area contributed by atoms with E-state index < -0.39 is 6.36 Å². The van der Waals surface area contributed by atoms with E-state index in [2.05, 4.69) is 25.2 Å². The molecule has 106 valence electrons. The Morgan fingerprint density at radius 1 is 1.30 bits per heavy atom. The molecular formula is C11H9F3N4O2. The number of halogens is 3. The maximum atomic E-state index is 12.0. The van der Waals surface area contributed by atoms with Crippen molar-refractivity contribution in [1.29, 1.82) is 0 Å². The lowest BCUT2D eigenvalue weighted by Gasteiger charge is -2.09. The fourth-order valence-corrected chi connectivity index (χ4v) is 1.44. The third-order valence-corrected chi connectivity index (χ3v) is 2.19. The molecule has 2 aromatic rings. The molecule has 0 saturated heterocycles. The minimum atomic E-state index is -4.73. The van der Waals surface area contributed by atoms with Gasteiger partial charge in [0.1, 0.15) is 12.1 Å². The summed E-state index contributed by atoms with van der Waals surface area (Å²) < 4.78 is 39.6. The van der Waals surface area contributed by atoms with Crippen molar-refractivity contribution < 1.29 is 22.7 Å². The summed E-state index contributed by atoms with van der Waals surface area (Å²) in [6.07, 6.45) is -3.50. The molecule has 9 heteroatoms. The minimum absolute atomic E-state index is 0.00695. The van der Waals surface area contributed by atoms with Crippen molar-refractivity contribution in [1.82, 2.24) is 15.2 Å². The van der Waals surface area contributed by atoms with E-state index in [1.54, 1.807) is 0 Å². The van der Waals surface area contributed by atoms with Crippen LogP contribution in [0.2, 0.25) is 0 Å². The van der Waals surface area contributed by atoms with Gasteiger partial charge in [-0.1, -0.05) is 12.1 Å². The van der Waals surface area contributed by atoms with Crippen LogP contribution in [0.5, 0.6) is 5.75 Å². The van der Waals surface area contributed by atoms with E-state index >= 15 is 0 Å². The SMILES string of the molecule is O=C(Cc1ccc(OC(F)(F)F)cc1)Nc1ncn[nH]1. The average Bonchev–Trinajstić information content (AvgIpc) is 2.82. The number of amides is 1. The van der Waals surface area contributed by atoms with Gasteiger partial charge in [0.15, 0.2) is 0 Å². The van der Waals surface area contributed by atoms with E-state index in [4.69, 9.17) is 0 Å². The van der Waals surface area contributed by atoms with Crippen LogP contribution < -0.4 is 10.1 Å². The van der Waals surface area contributed by atoms with Crippen molar-refractivity contribution in [2.24, 2.45) is 0 Å². The molecule has 0 fully saturated rings. The highest BCUT2D eigenvalue weighted by Gasteiger charge is 2.30. The number of aromatic amines is 1. The quantitative estimate of drug-likeness (QED) is 0.899. The zero-order chi connectivity index (χ0) is 14.6. The molecule has 2 rings (SSSR count). The van der Waals surface area contributed by atoms with Crippen LogP contribution in [0, 0.1) is 0 Å². The maximum Gasteiger partial charge on any atom is 0.573 e. The van der Waals surface area contributed by atoms with Gasteiger partial charge in [0.05, 0.1) is 6.42 Å². The summed E-state index contributed by atoms with van der Waals surface area (Å²) in [6.45, 7) is 0. The second kappa shape index (κ2) is 5.59. The molecule has 20 heavy (non-hydrogen) atoms. The second-order valence-electron chi connectivity index (χ2n) is 3.75. The predicted octanol–water partition coefficient (Wildman–Crippen LogP) is 1.88. The van der Waals surface area contributed by atoms with E-state index in [1.807, 2.05) is 0 Å². The Bertz CT molecular complexity index is 566. The Morgan fingerprint density at radius 2 is 2.00 bits per heavy atom. The minimum Gasteiger partial charge on any atom is -0.406 e. The average molecular weight is 286 g/mol. The number of anilines is 1. The Kier molecular flexibility index (Phi) is 3.87. The van der Waals surface area contributed by atoms with E-state index in [1.165, 1.54) is 18.5 Å². The van der Waals surface area contributed by atoms with Gasteiger partial charge in [-0.2, -0.15) is 10.1 Å². The van der Waals surface area contributed by atoms with Crippen molar-refractivity contribution in [3.05, 3.63) is 36.2 Å². The van der Waals surface area contributed by atoms with Crippen LogP contribution in [0.3, 0.4) is 0 Å². The number of hydrogen-bond acceptors (Lipinski definition) is 4. The lowest BCUT2D eigenvalue weighted by atomic mass is 10.1. The number of hydrogen-bond donors (Lipinski definition) is 2. The molecule has 6 nitrogen and oxygen atoms in total. The number of benzene rings is 1. The predicted molar refractivity (Wildman–Crippen MR) is 61.8 cm³/mol. The summed E-state index contributed by atoms with van der Waals surface area (Å²) in [4.78, 5) is 15.3. The van der Waals surface area contributed by atoms with Crippen LogP contribution in [0.15, 0.2) is 30.6 Å². The number of alkyl halides is 3. The van der Waals surface area contributed by atoms with Gasteiger partial charge in [-0.25, -0.2) is 5.10 Å². The van der Waals surface area contributed by atoms with Gasteiger partial charge in [0.2, 0.25) is 11.9 Å². The molecule has 0 bridgehead atoms. The molecule has 0 unspecified atom stereocenters. The molecule has 0 aliphatic rings. The van der Waals surface area contributed by atoms with Gasteiger partial charge in [-0.05, 0) is 17.7 Å². The van der Waals surface area contributed by atoms with Gasteiger partial charge in [-0.15, -0.1) is 13.2 Å². The first kappa shape index (κ1) is 13.8. The number of aromatic nitrogens is 3. The first-order valence-electron chi connectivity index (χ1n) is 5.42. The Labute approximate surface area is 111 Å². The maximum absolute atomic E-state index is 12.0. The van der Waals surface area contributed by atoms with Crippen LogP contribution >= 0.6 is 0 Å². The summed E-state index contributed by atoms with van der Waals surface area (Å²) in [5.74, 6) is -0.504. The van der Waals surface area contributed by atoms with Gasteiger partial charge in [0.25, 0.3) is 0 Å². The molecule has 0 aliphatic heterocycles. The summed E-state index contributed by atoms with van der Waals surface area (Å²) in [6, 6.07) is 5.04. The third kappa shape index (κ3) is 4.26. The zero-order valence-electron chi connectivity index (χ0n) is 9.94. The highest BCUT2D eigenvalue weighted by Crippen LogP contribution is 2.22. The number of ether oxygens (including phenoxy) is 1. The lowest BCUT2D eigenvalue weighted by Crippen LogP contribution is -2.17. The topological polar surface area (TPSA) is 79.9 Å². The van der Waals surface area contributed by atoms with Crippen molar-refractivity contribution in [2.75, 3.05) is 5.32 Å². The van der Waals surface area contributed by atoms with Crippen LogP contribution in [-0.2, 0) is 11.2 Å². The number of nitrogens with zero attached hydrogens (tertiary/aromatic N) is 2. The molecule has 0 saturated carbocycles. The molecular weight excluding hydrogens is 277 g/mol. The molecule has 0 aliphatic carbocycles. The van der Waals surface area contributed by atoms with E-state index in [0.29, 0.717) is 5.56 Å². The Balaban J connectivity index is 1.92. The zero-order valence-corrected chi connectivity index (χ0v) is 9.94. The molecule has 0 atom stereocenters. The number of nitrogens with one attached hydrogen (secondary N) is 2. The summed E-state index contributed by atoms with van der Waals surface area (Å²) in [5, 5.41) is 8.45. The number of H-pyrrole nitrogens is 1. The highest BCUT2D eigenvalue weighted by molar-refractivity contribution is 5.90. The Morgan fingerprint density at radius 3 is 2.55 bits per heavy atom. The molecule has 2 N–H and O–H groups in total. The molecule has 0 spiro atoms. The highest BCUT2D eigenvalue weighted by atomic mass is 19.4. The van der Waals surface area contributed by atoms with Crippen LogP contribution in [0.25, 0.3) is 0 Å². The number of carbonyl (C=O) groups excluding carboxylic acids is 1. The normalized spacial score (nSPS) is 11.2. The summed E-state index contributed by atoms with van der Waals surface area (Å²) >= 11 is 0. The fraction of sp³-hybridized carbons (Fsp3) is 0.182. The van der Waals surface area contributed by atoms with E-state index in [-0.39, 0.29) is 24.0 Å². The van der Waals surface area contributed by atoms with Crippen molar-refractivity contribution in [2.45, 2.75) is 12.8 Å². The Hall–Kier alpha value is -2.58. The van der Waals surface area contributed by atoms with E-state index in [0.717, 1.165) is 12.1 Å². The lowest BCUT2D eigenvalue weighted by molar-refractivity contribution is -0.274. The van der Waals surface area contributed by atoms with Crippen molar-refractivity contribution in [3.8, 4) is 5.75 Å². The van der Waals surface area contributed by atoms with Gasteiger partial charge < -0.3 is 4.74 Å². The van der Waals surface area contributed by atoms with Gasteiger partial charge >= 0.3 is 6.36 Å². The molecule has 0 radical (unpaired) electrons. The summed E-state index contributed by atoms with van der Waals surface area (Å²) in [5.41, 5.74) is 0.538. The fourth-order valence-electron chi connectivity index (χ4n) is 1.44. The molecule has 1 aromatic carbocycles. The third-order valence-electron chi connectivity index (χ3n) is 2.19. The van der Waals surface area contributed by atoms with Crippen LogP contribution in [0.1, 0.15) is 5.56 Å². The van der Waals surface area contributed by atoms with Gasteiger partial charge in [-0.3, -0.25) is 10.1 Å². The first-order valence-corrected chi connectivity index (χ1v) is 5.42. The van der Waals surface area contributed by atoms with Crippen LogP contribution in [-0.4, -0.2) is 27.5 Å². The monoisotopic (exact) mass is 286 g/mol. The van der Waals surface area contributed by atoms with Gasteiger partial charge in [0, 0.05) is 0 Å². The molecule has 1 heterocycles. The largest absolute Gasteiger partial charge is 0.573 e. The smallest absolute Gasteiger partial charge is 0.406 e. The molecule has 1 aromatic heterocycles. The van der Waals surface area contributed by atoms with Crippen molar-refractivity contribution >= 4 is 11.9 Å². The van der Waals surface area contributed by atoms with Crippen molar-refractivity contribution in [3.63, 3.8) is 0 Å². The second-order valence-corrected chi connectivity index (χ2v) is 3.75.